The number of carbonyl (C=O) groups is 1. The van der Waals surface area contributed by atoms with Crippen molar-refractivity contribution >= 4 is 11.7 Å². The molecular formula is C12H17NO3. The van der Waals surface area contributed by atoms with Gasteiger partial charge in [-0.1, -0.05) is 12.1 Å². The van der Waals surface area contributed by atoms with Gasteiger partial charge in [0, 0.05) is 13.6 Å². The number of carboxylic acids is 1. The highest BCUT2D eigenvalue weighted by atomic mass is 16.4. The Morgan fingerprint density at radius 2 is 2.06 bits per heavy atom. The third-order valence-corrected chi connectivity index (χ3v) is 2.43. The molecule has 0 bridgehead atoms. The SMILES string of the molecule is CC(O)CCN(C)c1ccccc1C(=O)O. The quantitative estimate of drug-likeness (QED) is 0.795. The van der Waals surface area contributed by atoms with Crippen LogP contribution in [0.25, 0.3) is 0 Å². The van der Waals surface area contributed by atoms with Crippen LogP contribution in [0.3, 0.4) is 0 Å². The standard InChI is InChI=1S/C12H17NO3/c1-9(14)7-8-13(2)11-6-4-3-5-10(11)12(15)16/h3-6,9,14H,7-8H2,1-2H3,(H,15,16). The molecule has 0 saturated heterocycles. The summed E-state index contributed by atoms with van der Waals surface area (Å²) in [4.78, 5) is 12.8. The number of carboxylic acid groups (broad SMARTS) is 1. The van der Waals surface area contributed by atoms with Crippen LogP contribution < -0.4 is 4.90 Å². The molecular weight excluding hydrogens is 206 g/mol. The van der Waals surface area contributed by atoms with E-state index in [2.05, 4.69) is 0 Å². The third-order valence-electron chi connectivity index (χ3n) is 2.43. The van der Waals surface area contributed by atoms with E-state index in [9.17, 15) is 9.90 Å². The molecule has 0 heterocycles. The van der Waals surface area contributed by atoms with Crippen molar-refractivity contribution in [1.82, 2.24) is 0 Å². The lowest BCUT2D eigenvalue weighted by atomic mass is 10.1. The van der Waals surface area contributed by atoms with Gasteiger partial charge in [-0.2, -0.15) is 0 Å². The Kier molecular flexibility index (Phi) is 4.31. The Balaban J connectivity index is 2.82. The number of aliphatic hydroxyl groups excluding tert-OH is 1. The summed E-state index contributed by atoms with van der Waals surface area (Å²) in [5.41, 5.74) is 0.964. The lowest BCUT2D eigenvalue weighted by Crippen LogP contribution is -2.23. The van der Waals surface area contributed by atoms with Crippen molar-refractivity contribution in [2.45, 2.75) is 19.4 Å². The molecule has 4 nitrogen and oxygen atoms in total. The molecule has 88 valence electrons. The molecule has 16 heavy (non-hydrogen) atoms. The number of aliphatic hydroxyl groups is 1. The first-order valence-electron chi connectivity index (χ1n) is 5.24. The predicted molar refractivity (Wildman–Crippen MR) is 63.0 cm³/mol. The van der Waals surface area contributed by atoms with Gasteiger partial charge in [-0.15, -0.1) is 0 Å². The van der Waals surface area contributed by atoms with Gasteiger partial charge in [0.05, 0.1) is 17.4 Å². The smallest absolute Gasteiger partial charge is 0.337 e. The fourth-order valence-corrected chi connectivity index (χ4v) is 1.49. The molecule has 0 saturated carbocycles. The molecule has 1 aromatic carbocycles. The first-order valence-corrected chi connectivity index (χ1v) is 5.24. The molecule has 0 fully saturated rings. The zero-order valence-corrected chi connectivity index (χ0v) is 9.55. The van der Waals surface area contributed by atoms with Crippen molar-refractivity contribution < 1.29 is 15.0 Å². The van der Waals surface area contributed by atoms with Gasteiger partial charge in [-0.3, -0.25) is 0 Å². The minimum absolute atomic E-state index is 0.288. The van der Waals surface area contributed by atoms with E-state index >= 15 is 0 Å². The van der Waals surface area contributed by atoms with Crippen LogP contribution in [0.2, 0.25) is 0 Å². The van der Waals surface area contributed by atoms with Gasteiger partial charge in [-0.25, -0.2) is 4.79 Å². The Labute approximate surface area is 95.1 Å². The van der Waals surface area contributed by atoms with Crippen LogP contribution in [0.5, 0.6) is 0 Å². The number of benzene rings is 1. The first kappa shape index (κ1) is 12.5. The van der Waals surface area contributed by atoms with Crippen molar-refractivity contribution in [2.24, 2.45) is 0 Å². The molecule has 1 atom stereocenters. The van der Waals surface area contributed by atoms with Crippen LogP contribution >= 0.6 is 0 Å². The van der Waals surface area contributed by atoms with E-state index in [1.807, 2.05) is 11.9 Å². The summed E-state index contributed by atoms with van der Waals surface area (Å²) in [5, 5.41) is 18.2. The Hall–Kier alpha value is -1.55. The molecule has 1 unspecified atom stereocenters. The van der Waals surface area contributed by atoms with Gasteiger partial charge in [0.25, 0.3) is 0 Å². The van der Waals surface area contributed by atoms with Gasteiger partial charge >= 0.3 is 5.97 Å². The van der Waals surface area contributed by atoms with Crippen molar-refractivity contribution in [2.75, 3.05) is 18.5 Å². The van der Waals surface area contributed by atoms with E-state index in [4.69, 9.17) is 5.11 Å². The molecule has 1 rings (SSSR count). The summed E-state index contributed by atoms with van der Waals surface area (Å²) < 4.78 is 0. The number of aromatic carboxylic acids is 1. The zero-order valence-electron chi connectivity index (χ0n) is 9.55. The topological polar surface area (TPSA) is 60.8 Å². The molecule has 0 aliphatic rings. The largest absolute Gasteiger partial charge is 0.478 e. The number of hydrogen-bond donors (Lipinski definition) is 2. The zero-order chi connectivity index (χ0) is 12.1. The van der Waals surface area contributed by atoms with Crippen LogP contribution in [0.4, 0.5) is 5.69 Å². The van der Waals surface area contributed by atoms with Crippen LogP contribution in [0.15, 0.2) is 24.3 Å². The van der Waals surface area contributed by atoms with Crippen LogP contribution in [0, 0.1) is 0 Å². The van der Waals surface area contributed by atoms with Crippen LogP contribution in [0.1, 0.15) is 23.7 Å². The summed E-state index contributed by atoms with van der Waals surface area (Å²) in [6.45, 7) is 2.35. The average Bonchev–Trinajstić information content (AvgIpc) is 2.25. The number of hydrogen-bond acceptors (Lipinski definition) is 3. The normalized spacial score (nSPS) is 12.2. The van der Waals surface area contributed by atoms with Gasteiger partial charge in [0.1, 0.15) is 0 Å². The number of anilines is 1. The molecule has 0 radical (unpaired) electrons. The molecule has 0 aliphatic carbocycles. The van der Waals surface area contributed by atoms with E-state index in [1.165, 1.54) is 0 Å². The van der Waals surface area contributed by atoms with E-state index in [-0.39, 0.29) is 11.7 Å². The average molecular weight is 223 g/mol. The Morgan fingerprint density at radius 3 is 2.62 bits per heavy atom. The second kappa shape index (κ2) is 5.51. The highest BCUT2D eigenvalue weighted by Crippen LogP contribution is 2.19. The van der Waals surface area contributed by atoms with Crippen LogP contribution in [-0.4, -0.2) is 35.9 Å². The first-order chi connectivity index (χ1) is 7.52. The van der Waals surface area contributed by atoms with Crippen molar-refractivity contribution in [3.05, 3.63) is 29.8 Å². The highest BCUT2D eigenvalue weighted by molar-refractivity contribution is 5.94. The number of para-hydroxylation sites is 1. The molecule has 0 amide bonds. The van der Waals surface area contributed by atoms with Gasteiger partial charge in [0.2, 0.25) is 0 Å². The van der Waals surface area contributed by atoms with Crippen LogP contribution in [-0.2, 0) is 0 Å². The van der Waals surface area contributed by atoms with E-state index < -0.39 is 5.97 Å². The molecule has 4 heteroatoms. The minimum atomic E-state index is -0.931. The second-order valence-electron chi connectivity index (χ2n) is 3.88. The van der Waals surface area contributed by atoms with Gasteiger partial charge in [-0.05, 0) is 25.5 Å². The summed E-state index contributed by atoms with van der Waals surface area (Å²) in [6.07, 6.45) is 0.240. The minimum Gasteiger partial charge on any atom is -0.478 e. The monoisotopic (exact) mass is 223 g/mol. The number of rotatable bonds is 5. The summed E-state index contributed by atoms with van der Waals surface area (Å²) in [5.74, 6) is -0.931. The molecule has 2 N–H and O–H groups in total. The summed E-state index contributed by atoms with van der Waals surface area (Å²) in [6, 6.07) is 6.86. The number of nitrogens with zero attached hydrogens (tertiary/aromatic N) is 1. The summed E-state index contributed by atoms with van der Waals surface area (Å²) >= 11 is 0. The summed E-state index contributed by atoms with van der Waals surface area (Å²) in [7, 11) is 1.82. The van der Waals surface area contributed by atoms with Gasteiger partial charge < -0.3 is 15.1 Å². The van der Waals surface area contributed by atoms with Crippen molar-refractivity contribution in [3.8, 4) is 0 Å². The highest BCUT2D eigenvalue weighted by Gasteiger charge is 2.12. The molecule has 1 aromatic rings. The molecule has 0 aromatic heterocycles. The maximum Gasteiger partial charge on any atom is 0.337 e. The van der Waals surface area contributed by atoms with E-state index in [0.29, 0.717) is 18.7 Å². The lowest BCUT2D eigenvalue weighted by Gasteiger charge is -2.21. The third kappa shape index (κ3) is 3.24. The molecule has 0 spiro atoms. The lowest BCUT2D eigenvalue weighted by molar-refractivity contribution is 0.0697. The Bertz CT molecular complexity index is 363. The maximum atomic E-state index is 11.0. The predicted octanol–water partition coefficient (Wildman–Crippen LogP) is 1.59. The second-order valence-corrected chi connectivity index (χ2v) is 3.88. The fourth-order valence-electron chi connectivity index (χ4n) is 1.49. The molecule has 0 aliphatic heterocycles. The van der Waals surface area contributed by atoms with Crippen molar-refractivity contribution in [1.29, 1.82) is 0 Å². The fraction of sp³-hybridized carbons (Fsp3) is 0.417. The Morgan fingerprint density at radius 1 is 1.44 bits per heavy atom. The van der Waals surface area contributed by atoms with Crippen molar-refractivity contribution in [3.63, 3.8) is 0 Å². The maximum absolute atomic E-state index is 11.0. The van der Waals surface area contributed by atoms with E-state index in [0.717, 1.165) is 0 Å². The van der Waals surface area contributed by atoms with E-state index in [1.54, 1.807) is 31.2 Å². The van der Waals surface area contributed by atoms with Gasteiger partial charge in [0.15, 0.2) is 0 Å².